The van der Waals surface area contributed by atoms with E-state index in [2.05, 4.69) is 10.4 Å². The van der Waals surface area contributed by atoms with Gasteiger partial charge in [0.15, 0.2) is 5.43 Å². The van der Waals surface area contributed by atoms with Crippen LogP contribution in [0.1, 0.15) is 5.56 Å². The van der Waals surface area contributed by atoms with E-state index in [1.807, 2.05) is 65.2 Å². The molecule has 0 saturated heterocycles. The molecule has 32 heavy (non-hydrogen) atoms. The summed E-state index contributed by atoms with van der Waals surface area (Å²) in [4.78, 5) is 25.9. The first-order valence-electron chi connectivity index (χ1n) is 10.2. The third kappa shape index (κ3) is 3.76. The fourth-order valence-corrected chi connectivity index (χ4v) is 4.03. The van der Waals surface area contributed by atoms with Gasteiger partial charge in [-0.2, -0.15) is 5.10 Å². The number of aromatic nitrogens is 3. The maximum atomic E-state index is 13.0. The third-order valence-electron chi connectivity index (χ3n) is 5.41. The number of nitrogens with one attached hydrogen (secondary N) is 1. The van der Waals surface area contributed by atoms with Gasteiger partial charge >= 0.3 is 0 Å². The van der Waals surface area contributed by atoms with Crippen molar-refractivity contribution in [2.75, 3.05) is 5.32 Å². The number of para-hydroxylation sites is 2. The number of hydrogen-bond donors (Lipinski definition) is 1. The molecule has 0 unspecified atom stereocenters. The molecule has 1 amide bonds. The molecule has 0 saturated carbocycles. The molecule has 0 aliphatic carbocycles. The molecule has 2 heterocycles. The van der Waals surface area contributed by atoms with Crippen LogP contribution in [-0.4, -0.2) is 20.3 Å². The van der Waals surface area contributed by atoms with Crippen molar-refractivity contribution in [1.29, 1.82) is 0 Å². The minimum absolute atomic E-state index is 0.0334. The van der Waals surface area contributed by atoms with Crippen molar-refractivity contribution in [3.8, 4) is 0 Å². The van der Waals surface area contributed by atoms with Crippen molar-refractivity contribution in [3.63, 3.8) is 0 Å². The largest absolute Gasteiger partial charge is 0.331 e. The maximum absolute atomic E-state index is 13.0. The molecular formula is C25H19ClN4O2. The third-order valence-corrected chi connectivity index (χ3v) is 5.66. The number of hydrogen-bond acceptors (Lipinski definition) is 3. The van der Waals surface area contributed by atoms with Gasteiger partial charge in [-0.25, -0.2) is 4.68 Å². The highest BCUT2D eigenvalue weighted by atomic mass is 35.5. The van der Waals surface area contributed by atoms with E-state index in [9.17, 15) is 9.59 Å². The van der Waals surface area contributed by atoms with E-state index in [0.717, 1.165) is 16.6 Å². The molecule has 6 nitrogen and oxygen atoms in total. The van der Waals surface area contributed by atoms with E-state index in [0.29, 0.717) is 28.2 Å². The molecule has 0 fully saturated rings. The standard InChI is InChI=1S/C25H19ClN4O2/c26-18-11-9-17(10-12-18)15-30-23(13-14-27-30)28-24(31)16-29-21-7-3-1-5-19(21)25(32)20-6-2-4-8-22(20)29/h1-14H,15-16H2,(H,28,31). The van der Waals surface area contributed by atoms with Crippen LogP contribution in [-0.2, 0) is 17.9 Å². The number of carbonyl (C=O) groups excluding carboxylic acids is 1. The normalized spacial score (nSPS) is 11.2. The first-order chi connectivity index (χ1) is 15.6. The Hall–Kier alpha value is -3.90. The van der Waals surface area contributed by atoms with Crippen LogP contribution < -0.4 is 10.7 Å². The van der Waals surface area contributed by atoms with Gasteiger partial charge in [-0.15, -0.1) is 0 Å². The number of fused-ring (bicyclic) bond motifs is 2. The van der Waals surface area contributed by atoms with Crippen molar-refractivity contribution < 1.29 is 4.79 Å². The number of carbonyl (C=O) groups is 1. The molecule has 0 aliphatic heterocycles. The zero-order chi connectivity index (χ0) is 22.1. The van der Waals surface area contributed by atoms with Crippen LogP contribution in [0.25, 0.3) is 21.8 Å². The Morgan fingerprint density at radius 1 is 0.875 bits per heavy atom. The SMILES string of the molecule is O=C(Cn1c2ccccc2c(=O)c2ccccc21)Nc1ccnn1Cc1ccc(Cl)cc1. The maximum Gasteiger partial charge on any atom is 0.245 e. The quantitative estimate of drug-likeness (QED) is 0.401. The smallest absolute Gasteiger partial charge is 0.245 e. The molecule has 0 spiro atoms. The highest BCUT2D eigenvalue weighted by Crippen LogP contribution is 2.20. The second-order valence-electron chi connectivity index (χ2n) is 7.50. The molecule has 0 atom stereocenters. The fourth-order valence-electron chi connectivity index (χ4n) is 3.90. The Labute approximate surface area is 188 Å². The topological polar surface area (TPSA) is 68.9 Å². The van der Waals surface area contributed by atoms with Crippen LogP contribution in [0.5, 0.6) is 0 Å². The van der Waals surface area contributed by atoms with Crippen LogP contribution >= 0.6 is 11.6 Å². The lowest BCUT2D eigenvalue weighted by molar-refractivity contribution is -0.116. The van der Waals surface area contributed by atoms with Gasteiger partial charge in [0, 0.05) is 21.9 Å². The first kappa shape index (κ1) is 20.0. The number of pyridine rings is 1. The van der Waals surface area contributed by atoms with E-state index in [4.69, 9.17) is 11.6 Å². The minimum Gasteiger partial charge on any atom is -0.331 e. The highest BCUT2D eigenvalue weighted by Gasteiger charge is 2.14. The van der Waals surface area contributed by atoms with Crippen LogP contribution in [0.3, 0.4) is 0 Å². The van der Waals surface area contributed by atoms with Gasteiger partial charge in [-0.05, 0) is 42.0 Å². The van der Waals surface area contributed by atoms with Gasteiger partial charge in [-0.1, -0.05) is 48.0 Å². The summed E-state index contributed by atoms with van der Waals surface area (Å²) in [5, 5.41) is 9.13. The number of amides is 1. The molecule has 7 heteroatoms. The number of halogens is 1. The lowest BCUT2D eigenvalue weighted by Gasteiger charge is -2.15. The van der Waals surface area contributed by atoms with Crippen molar-refractivity contribution in [2.45, 2.75) is 13.1 Å². The number of rotatable bonds is 5. The van der Waals surface area contributed by atoms with Gasteiger partial charge in [0.1, 0.15) is 12.4 Å². The van der Waals surface area contributed by atoms with Crippen LogP contribution in [0, 0.1) is 0 Å². The van der Waals surface area contributed by atoms with Gasteiger partial charge in [0.25, 0.3) is 0 Å². The summed E-state index contributed by atoms with van der Waals surface area (Å²) in [7, 11) is 0. The summed E-state index contributed by atoms with van der Waals surface area (Å²) in [6.07, 6.45) is 1.65. The molecule has 158 valence electrons. The second-order valence-corrected chi connectivity index (χ2v) is 7.93. The van der Waals surface area contributed by atoms with Crippen molar-refractivity contribution in [2.24, 2.45) is 0 Å². The second kappa shape index (κ2) is 8.32. The van der Waals surface area contributed by atoms with Crippen molar-refractivity contribution in [1.82, 2.24) is 14.3 Å². The summed E-state index contributed by atoms with van der Waals surface area (Å²) in [5.41, 5.74) is 2.43. The lowest BCUT2D eigenvalue weighted by atomic mass is 10.1. The Morgan fingerprint density at radius 2 is 1.50 bits per heavy atom. The Kier molecular flexibility index (Phi) is 5.21. The molecule has 0 radical (unpaired) electrons. The minimum atomic E-state index is -0.207. The molecule has 3 aromatic carbocycles. The zero-order valence-corrected chi connectivity index (χ0v) is 17.8. The molecule has 0 bridgehead atoms. The van der Waals surface area contributed by atoms with Crippen LogP contribution in [0.15, 0.2) is 89.9 Å². The van der Waals surface area contributed by atoms with E-state index in [1.165, 1.54) is 0 Å². The summed E-state index contributed by atoms with van der Waals surface area (Å²) in [5.74, 6) is 0.390. The zero-order valence-electron chi connectivity index (χ0n) is 17.0. The summed E-state index contributed by atoms with van der Waals surface area (Å²) < 4.78 is 3.60. The van der Waals surface area contributed by atoms with Gasteiger partial charge in [0.05, 0.1) is 23.8 Å². The van der Waals surface area contributed by atoms with E-state index >= 15 is 0 Å². The Morgan fingerprint density at radius 3 is 2.16 bits per heavy atom. The van der Waals surface area contributed by atoms with Crippen LogP contribution in [0.2, 0.25) is 5.02 Å². The lowest BCUT2D eigenvalue weighted by Crippen LogP contribution is -2.23. The number of nitrogens with zero attached hydrogens (tertiary/aromatic N) is 3. The van der Waals surface area contributed by atoms with Crippen molar-refractivity contribution >= 4 is 45.1 Å². The summed E-state index contributed by atoms with van der Waals surface area (Å²) in [6.45, 7) is 0.567. The number of anilines is 1. The fraction of sp³-hybridized carbons (Fsp3) is 0.0800. The van der Waals surface area contributed by atoms with Gasteiger partial charge in [0.2, 0.25) is 5.91 Å². The predicted octanol–water partition coefficient (Wildman–Crippen LogP) is 4.69. The van der Waals surface area contributed by atoms with Crippen LogP contribution in [0.4, 0.5) is 5.82 Å². The monoisotopic (exact) mass is 442 g/mol. The summed E-state index contributed by atoms with van der Waals surface area (Å²) >= 11 is 5.96. The number of benzene rings is 3. The molecule has 5 rings (SSSR count). The van der Waals surface area contributed by atoms with E-state index < -0.39 is 0 Å². The molecule has 1 N–H and O–H groups in total. The Balaban J connectivity index is 1.45. The first-order valence-corrected chi connectivity index (χ1v) is 10.5. The molecule has 5 aromatic rings. The predicted molar refractivity (Wildman–Crippen MR) is 127 cm³/mol. The molecular weight excluding hydrogens is 424 g/mol. The average molecular weight is 443 g/mol. The Bertz CT molecular complexity index is 1440. The molecule has 2 aromatic heterocycles. The average Bonchev–Trinajstić information content (AvgIpc) is 3.24. The summed E-state index contributed by atoms with van der Waals surface area (Å²) in [6, 6.07) is 24.0. The highest BCUT2D eigenvalue weighted by molar-refractivity contribution is 6.30. The van der Waals surface area contributed by atoms with Gasteiger partial charge in [-0.3, -0.25) is 9.59 Å². The van der Waals surface area contributed by atoms with Crippen molar-refractivity contribution in [3.05, 3.63) is 106 Å². The van der Waals surface area contributed by atoms with Gasteiger partial charge < -0.3 is 9.88 Å². The van der Waals surface area contributed by atoms with E-state index in [1.54, 1.807) is 29.1 Å². The van der Waals surface area contributed by atoms with E-state index in [-0.39, 0.29) is 17.9 Å². The molecule has 0 aliphatic rings.